The lowest BCUT2D eigenvalue weighted by atomic mass is 10.2. The molecular formula is C13H18N2O4. The Kier molecular flexibility index (Phi) is 5.32. The number of carbonyl (C=O) groups excluding carboxylic acids is 1. The van der Waals surface area contributed by atoms with Gasteiger partial charge in [-0.1, -0.05) is 6.07 Å². The van der Waals surface area contributed by atoms with E-state index < -0.39 is 5.97 Å². The van der Waals surface area contributed by atoms with Crippen LogP contribution >= 0.6 is 0 Å². The first kappa shape index (κ1) is 15.0. The summed E-state index contributed by atoms with van der Waals surface area (Å²) < 4.78 is 5.15. The van der Waals surface area contributed by atoms with Gasteiger partial charge in [0.25, 0.3) is 0 Å². The van der Waals surface area contributed by atoms with Crippen molar-refractivity contribution in [3.63, 3.8) is 0 Å². The van der Waals surface area contributed by atoms with E-state index in [4.69, 9.17) is 9.84 Å². The first-order valence-electron chi connectivity index (χ1n) is 5.77. The van der Waals surface area contributed by atoms with E-state index in [1.54, 1.807) is 19.2 Å². The number of anilines is 1. The number of hydrogen-bond donors (Lipinski definition) is 2. The number of amides is 1. The minimum Gasteiger partial charge on any atom is -0.495 e. The van der Waals surface area contributed by atoms with E-state index in [1.807, 2.05) is 13.0 Å². The zero-order chi connectivity index (χ0) is 14.4. The van der Waals surface area contributed by atoms with Crippen LogP contribution in [0.2, 0.25) is 0 Å². The molecule has 0 atom stereocenters. The van der Waals surface area contributed by atoms with Crippen LogP contribution in [0.4, 0.5) is 5.69 Å². The third kappa shape index (κ3) is 4.97. The van der Waals surface area contributed by atoms with Crippen molar-refractivity contribution >= 4 is 17.6 Å². The van der Waals surface area contributed by atoms with Crippen molar-refractivity contribution in [1.29, 1.82) is 0 Å². The number of carbonyl (C=O) groups is 2. The Morgan fingerprint density at radius 2 is 2.05 bits per heavy atom. The van der Waals surface area contributed by atoms with Crippen molar-refractivity contribution in [2.75, 3.05) is 32.6 Å². The molecule has 0 bridgehead atoms. The lowest BCUT2D eigenvalue weighted by molar-refractivity contribution is -0.138. The Morgan fingerprint density at radius 1 is 1.37 bits per heavy atom. The molecular weight excluding hydrogens is 248 g/mol. The van der Waals surface area contributed by atoms with Gasteiger partial charge in [0, 0.05) is 0 Å². The molecule has 0 aliphatic carbocycles. The third-order valence-electron chi connectivity index (χ3n) is 2.45. The molecule has 1 rings (SSSR count). The van der Waals surface area contributed by atoms with Gasteiger partial charge in [-0.15, -0.1) is 0 Å². The first-order valence-corrected chi connectivity index (χ1v) is 5.77. The zero-order valence-electron chi connectivity index (χ0n) is 11.3. The van der Waals surface area contributed by atoms with Gasteiger partial charge in [-0.2, -0.15) is 0 Å². The highest BCUT2D eigenvalue weighted by Crippen LogP contribution is 2.24. The number of likely N-dealkylation sites (N-methyl/N-ethyl adjacent to an activating group) is 1. The summed E-state index contributed by atoms with van der Waals surface area (Å²) in [7, 11) is 3.10. The summed E-state index contributed by atoms with van der Waals surface area (Å²) in [5.74, 6) is -0.684. The molecule has 0 aliphatic rings. The summed E-state index contributed by atoms with van der Waals surface area (Å²) >= 11 is 0. The van der Waals surface area contributed by atoms with Gasteiger partial charge in [0.05, 0.1) is 25.9 Å². The molecule has 1 aromatic rings. The van der Waals surface area contributed by atoms with Crippen molar-refractivity contribution in [2.45, 2.75) is 6.92 Å². The predicted octanol–water partition coefficient (Wildman–Crippen LogP) is 0.959. The summed E-state index contributed by atoms with van der Waals surface area (Å²) in [5, 5.41) is 11.3. The average molecular weight is 266 g/mol. The number of rotatable bonds is 6. The van der Waals surface area contributed by atoms with Crippen molar-refractivity contribution in [3.05, 3.63) is 23.8 Å². The number of benzene rings is 1. The molecule has 2 N–H and O–H groups in total. The number of ether oxygens (including phenoxy) is 1. The van der Waals surface area contributed by atoms with Gasteiger partial charge >= 0.3 is 5.97 Å². The normalized spacial score (nSPS) is 10.3. The fourth-order valence-electron chi connectivity index (χ4n) is 1.64. The Bertz CT molecular complexity index is 474. The van der Waals surface area contributed by atoms with Crippen LogP contribution in [-0.2, 0) is 9.59 Å². The van der Waals surface area contributed by atoms with Gasteiger partial charge in [0.2, 0.25) is 5.91 Å². The molecule has 0 saturated carbocycles. The lowest BCUT2D eigenvalue weighted by Crippen LogP contribution is -2.33. The lowest BCUT2D eigenvalue weighted by Gasteiger charge is -2.15. The van der Waals surface area contributed by atoms with Crippen molar-refractivity contribution in [1.82, 2.24) is 4.90 Å². The maximum absolute atomic E-state index is 11.8. The number of carboxylic acids is 1. The minimum absolute atomic E-state index is 0.00337. The topological polar surface area (TPSA) is 78.9 Å². The fourth-order valence-corrected chi connectivity index (χ4v) is 1.64. The molecule has 0 aliphatic heterocycles. The molecule has 19 heavy (non-hydrogen) atoms. The predicted molar refractivity (Wildman–Crippen MR) is 71.5 cm³/mol. The van der Waals surface area contributed by atoms with Gasteiger partial charge in [0.1, 0.15) is 5.75 Å². The summed E-state index contributed by atoms with van der Waals surface area (Å²) in [6, 6.07) is 5.45. The molecule has 0 heterocycles. The molecule has 104 valence electrons. The largest absolute Gasteiger partial charge is 0.495 e. The molecule has 0 spiro atoms. The van der Waals surface area contributed by atoms with Crippen LogP contribution in [0.3, 0.4) is 0 Å². The SMILES string of the molecule is COc1ccc(C)cc1NC(=O)CN(C)CC(=O)O. The highest BCUT2D eigenvalue weighted by molar-refractivity contribution is 5.94. The number of aryl methyl sites for hydroxylation is 1. The fraction of sp³-hybridized carbons (Fsp3) is 0.385. The quantitative estimate of drug-likeness (QED) is 0.801. The molecule has 0 saturated heterocycles. The maximum atomic E-state index is 11.8. The number of hydrogen-bond acceptors (Lipinski definition) is 4. The number of nitrogens with one attached hydrogen (secondary N) is 1. The van der Waals surface area contributed by atoms with Crippen molar-refractivity contribution < 1.29 is 19.4 Å². The Labute approximate surface area is 112 Å². The van der Waals surface area contributed by atoms with E-state index in [2.05, 4.69) is 5.32 Å². The number of carboxylic acid groups (broad SMARTS) is 1. The van der Waals surface area contributed by atoms with E-state index in [9.17, 15) is 9.59 Å². The number of aliphatic carboxylic acids is 1. The van der Waals surface area contributed by atoms with E-state index in [0.717, 1.165) is 5.56 Å². The van der Waals surface area contributed by atoms with Gasteiger partial charge in [0.15, 0.2) is 0 Å². The monoisotopic (exact) mass is 266 g/mol. The summed E-state index contributed by atoms with van der Waals surface area (Å²) in [6.07, 6.45) is 0. The van der Waals surface area contributed by atoms with Crippen LogP contribution < -0.4 is 10.1 Å². The van der Waals surface area contributed by atoms with Crippen LogP contribution in [-0.4, -0.2) is 49.1 Å². The van der Waals surface area contributed by atoms with Gasteiger partial charge in [-0.25, -0.2) is 0 Å². The second-order valence-electron chi connectivity index (χ2n) is 4.32. The third-order valence-corrected chi connectivity index (χ3v) is 2.45. The van der Waals surface area contributed by atoms with Gasteiger partial charge < -0.3 is 15.2 Å². The smallest absolute Gasteiger partial charge is 0.317 e. The van der Waals surface area contributed by atoms with E-state index in [-0.39, 0.29) is 19.0 Å². The van der Waals surface area contributed by atoms with Crippen molar-refractivity contribution in [2.24, 2.45) is 0 Å². The number of methoxy groups -OCH3 is 1. The average Bonchev–Trinajstić information content (AvgIpc) is 2.27. The Hall–Kier alpha value is -2.08. The van der Waals surface area contributed by atoms with Crippen LogP contribution in [0.15, 0.2) is 18.2 Å². The highest BCUT2D eigenvalue weighted by atomic mass is 16.5. The number of nitrogens with zero attached hydrogens (tertiary/aromatic N) is 1. The van der Waals surface area contributed by atoms with Crippen molar-refractivity contribution in [3.8, 4) is 5.75 Å². The summed E-state index contributed by atoms with van der Waals surface area (Å²) in [6.45, 7) is 1.73. The second-order valence-corrected chi connectivity index (χ2v) is 4.32. The standard InChI is InChI=1S/C13H18N2O4/c1-9-4-5-11(19-3)10(6-9)14-12(16)7-15(2)8-13(17)18/h4-6H,7-8H2,1-3H3,(H,14,16)(H,17,18). The summed E-state index contributed by atoms with van der Waals surface area (Å²) in [5.41, 5.74) is 1.58. The zero-order valence-corrected chi connectivity index (χ0v) is 11.3. The molecule has 0 unspecified atom stereocenters. The maximum Gasteiger partial charge on any atom is 0.317 e. The molecule has 1 aromatic carbocycles. The molecule has 0 aromatic heterocycles. The molecule has 0 fully saturated rings. The minimum atomic E-state index is -0.969. The Morgan fingerprint density at radius 3 is 2.63 bits per heavy atom. The van der Waals surface area contributed by atoms with Gasteiger partial charge in [-0.3, -0.25) is 14.5 Å². The molecule has 6 nitrogen and oxygen atoms in total. The van der Waals surface area contributed by atoms with Crippen LogP contribution in [0.5, 0.6) is 5.75 Å². The molecule has 0 radical (unpaired) electrons. The van der Waals surface area contributed by atoms with E-state index in [0.29, 0.717) is 11.4 Å². The van der Waals surface area contributed by atoms with E-state index in [1.165, 1.54) is 12.0 Å². The van der Waals surface area contributed by atoms with E-state index >= 15 is 0 Å². The van der Waals surface area contributed by atoms with Gasteiger partial charge in [-0.05, 0) is 31.7 Å². The van der Waals surface area contributed by atoms with Crippen LogP contribution in [0.25, 0.3) is 0 Å². The first-order chi connectivity index (χ1) is 8.92. The Balaban J connectivity index is 2.66. The molecule has 6 heteroatoms. The highest BCUT2D eigenvalue weighted by Gasteiger charge is 2.12. The second kappa shape index (κ2) is 6.75. The summed E-state index contributed by atoms with van der Waals surface area (Å²) in [4.78, 5) is 23.7. The van der Waals surface area contributed by atoms with Crippen LogP contribution in [0.1, 0.15) is 5.56 Å². The molecule has 1 amide bonds. The van der Waals surface area contributed by atoms with Crippen LogP contribution in [0, 0.1) is 6.92 Å².